The van der Waals surface area contributed by atoms with Crippen LogP contribution in [0.1, 0.15) is 0 Å². The summed E-state index contributed by atoms with van der Waals surface area (Å²) >= 11 is 0. The summed E-state index contributed by atoms with van der Waals surface area (Å²) in [4.78, 5) is 15.0. The topological polar surface area (TPSA) is 106 Å². The lowest BCUT2D eigenvalue weighted by atomic mass is 10.1. The first-order chi connectivity index (χ1) is 10.7. The number of rotatable bonds is 4. The molecule has 22 heavy (non-hydrogen) atoms. The fourth-order valence-electron chi connectivity index (χ4n) is 2.06. The van der Waals surface area contributed by atoms with E-state index in [2.05, 4.69) is 25.6 Å². The van der Waals surface area contributed by atoms with Crippen LogP contribution in [0.5, 0.6) is 11.5 Å². The highest BCUT2D eigenvalue weighted by Crippen LogP contribution is 2.28. The van der Waals surface area contributed by atoms with Crippen molar-refractivity contribution in [2.75, 3.05) is 14.2 Å². The highest BCUT2D eigenvalue weighted by atomic mass is 16.5. The quantitative estimate of drug-likeness (QED) is 0.750. The zero-order valence-electron chi connectivity index (χ0n) is 12.0. The number of tetrazole rings is 1. The van der Waals surface area contributed by atoms with Crippen molar-refractivity contribution >= 4 is 0 Å². The number of pyridine rings is 1. The maximum atomic E-state index is 12.2. The molecule has 0 saturated heterocycles. The van der Waals surface area contributed by atoms with Gasteiger partial charge in [-0.15, -0.1) is 10.2 Å². The average molecular weight is 299 g/mol. The van der Waals surface area contributed by atoms with Gasteiger partial charge in [-0.3, -0.25) is 4.79 Å². The Morgan fingerprint density at radius 3 is 2.32 bits per heavy atom. The van der Waals surface area contributed by atoms with E-state index in [4.69, 9.17) is 9.47 Å². The van der Waals surface area contributed by atoms with E-state index in [1.54, 1.807) is 32.4 Å². The van der Waals surface area contributed by atoms with Crippen molar-refractivity contribution in [1.29, 1.82) is 0 Å². The number of aromatic amines is 2. The van der Waals surface area contributed by atoms with Gasteiger partial charge < -0.3 is 14.5 Å². The molecule has 112 valence electrons. The third kappa shape index (κ3) is 2.53. The van der Waals surface area contributed by atoms with Crippen molar-refractivity contribution in [3.05, 3.63) is 40.7 Å². The molecular weight excluding hydrogens is 286 g/mol. The summed E-state index contributed by atoms with van der Waals surface area (Å²) < 4.78 is 10.5. The van der Waals surface area contributed by atoms with E-state index in [0.29, 0.717) is 22.8 Å². The van der Waals surface area contributed by atoms with Crippen molar-refractivity contribution in [2.24, 2.45) is 0 Å². The molecule has 0 atom stereocenters. The summed E-state index contributed by atoms with van der Waals surface area (Å²) in [6, 6.07) is 8.78. The van der Waals surface area contributed by atoms with Crippen LogP contribution in [0.15, 0.2) is 35.1 Å². The Kier molecular flexibility index (Phi) is 3.57. The fraction of sp³-hybridized carbons (Fsp3) is 0.143. The van der Waals surface area contributed by atoms with Gasteiger partial charge >= 0.3 is 0 Å². The summed E-state index contributed by atoms with van der Waals surface area (Å²) in [6.07, 6.45) is 0. The van der Waals surface area contributed by atoms with Crippen LogP contribution in [-0.4, -0.2) is 39.8 Å². The lowest BCUT2D eigenvalue weighted by molar-refractivity contribution is 0.394. The second-order valence-electron chi connectivity index (χ2n) is 4.45. The molecule has 0 aliphatic rings. The normalized spacial score (nSPS) is 10.5. The molecule has 2 aromatic heterocycles. The first-order valence-corrected chi connectivity index (χ1v) is 6.42. The predicted octanol–water partition coefficient (Wildman–Crippen LogP) is 1.24. The van der Waals surface area contributed by atoms with Crippen LogP contribution in [0.3, 0.4) is 0 Å². The van der Waals surface area contributed by atoms with Gasteiger partial charge in [0.05, 0.1) is 19.8 Å². The van der Waals surface area contributed by atoms with Crippen molar-refractivity contribution in [2.45, 2.75) is 0 Å². The van der Waals surface area contributed by atoms with Gasteiger partial charge in [-0.1, -0.05) is 0 Å². The number of hydrogen-bond acceptors (Lipinski definition) is 6. The minimum absolute atomic E-state index is 0.246. The molecule has 0 bridgehead atoms. The number of H-pyrrole nitrogens is 2. The van der Waals surface area contributed by atoms with E-state index < -0.39 is 0 Å². The molecule has 0 radical (unpaired) electrons. The minimum atomic E-state index is -0.305. The van der Waals surface area contributed by atoms with Crippen LogP contribution >= 0.6 is 0 Å². The van der Waals surface area contributed by atoms with E-state index in [1.165, 1.54) is 0 Å². The number of methoxy groups -OCH3 is 2. The molecule has 0 aliphatic heterocycles. The summed E-state index contributed by atoms with van der Waals surface area (Å²) in [7, 11) is 3.14. The number of hydrogen-bond donors (Lipinski definition) is 2. The highest BCUT2D eigenvalue weighted by molar-refractivity contribution is 5.66. The van der Waals surface area contributed by atoms with Crippen LogP contribution in [0.4, 0.5) is 0 Å². The monoisotopic (exact) mass is 299 g/mol. The summed E-state index contributed by atoms with van der Waals surface area (Å²) in [5.41, 5.74) is 1.44. The Labute approximate surface area is 125 Å². The molecule has 8 nitrogen and oxygen atoms in total. The Hall–Kier alpha value is -3.16. The molecule has 0 amide bonds. The van der Waals surface area contributed by atoms with Crippen LogP contribution in [0.2, 0.25) is 0 Å². The molecule has 8 heteroatoms. The Morgan fingerprint density at radius 1 is 1.05 bits per heavy atom. The third-order valence-electron chi connectivity index (χ3n) is 3.16. The van der Waals surface area contributed by atoms with Crippen molar-refractivity contribution < 1.29 is 9.47 Å². The largest absolute Gasteiger partial charge is 0.497 e. The van der Waals surface area contributed by atoms with Gasteiger partial charge in [0, 0.05) is 17.3 Å². The van der Waals surface area contributed by atoms with Crippen molar-refractivity contribution in [1.82, 2.24) is 25.6 Å². The SMILES string of the molecule is COc1cc(OC)cc(-c2ccc(-c3nn[nH]n3)c(=O)[nH]2)c1. The lowest BCUT2D eigenvalue weighted by Gasteiger charge is -2.08. The molecule has 0 spiro atoms. The number of nitrogens with zero attached hydrogens (tertiary/aromatic N) is 3. The molecule has 1 aromatic carbocycles. The van der Waals surface area contributed by atoms with Crippen LogP contribution < -0.4 is 15.0 Å². The van der Waals surface area contributed by atoms with E-state index in [9.17, 15) is 4.79 Å². The highest BCUT2D eigenvalue weighted by Gasteiger charge is 2.10. The van der Waals surface area contributed by atoms with Crippen LogP contribution in [-0.2, 0) is 0 Å². The molecule has 0 fully saturated rings. The van der Waals surface area contributed by atoms with Gasteiger partial charge in [0.15, 0.2) is 0 Å². The molecule has 3 aromatic rings. The Morgan fingerprint density at radius 2 is 1.77 bits per heavy atom. The van der Waals surface area contributed by atoms with Crippen molar-refractivity contribution in [3.63, 3.8) is 0 Å². The summed E-state index contributed by atoms with van der Waals surface area (Å²) in [5.74, 6) is 1.52. The number of benzene rings is 1. The van der Waals surface area contributed by atoms with Crippen LogP contribution in [0, 0.1) is 0 Å². The molecule has 0 aliphatic carbocycles. The smallest absolute Gasteiger partial charge is 0.259 e. The predicted molar refractivity (Wildman–Crippen MR) is 78.8 cm³/mol. The third-order valence-corrected chi connectivity index (χ3v) is 3.16. The standard InChI is InChI=1S/C14H13N5O3/c1-21-9-5-8(6-10(7-9)22-2)12-4-3-11(14(20)15-12)13-16-18-19-17-13/h3-7H,1-2H3,(H,15,20)(H,16,17,18,19). The number of aromatic nitrogens is 5. The fourth-order valence-corrected chi connectivity index (χ4v) is 2.06. The zero-order chi connectivity index (χ0) is 15.5. The minimum Gasteiger partial charge on any atom is -0.497 e. The summed E-state index contributed by atoms with van der Waals surface area (Å²) in [6.45, 7) is 0. The Bertz CT molecular complexity index is 820. The second-order valence-corrected chi connectivity index (χ2v) is 4.45. The molecule has 3 rings (SSSR count). The van der Waals surface area contributed by atoms with Gasteiger partial charge in [0.25, 0.3) is 5.56 Å². The molecule has 2 N–H and O–H groups in total. The lowest BCUT2D eigenvalue weighted by Crippen LogP contribution is -2.10. The van der Waals surface area contributed by atoms with Gasteiger partial charge in [-0.2, -0.15) is 5.21 Å². The molecule has 2 heterocycles. The van der Waals surface area contributed by atoms with Crippen molar-refractivity contribution in [3.8, 4) is 34.1 Å². The number of ether oxygens (including phenoxy) is 2. The average Bonchev–Trinajstić information content (AvgIpc) is 3.08. The molecular formula is C14H13N5O3. The maximum Gasteiger partial charge on any atom is 0.259 e. The molecule has 0 unspecified atom stereocenters. The first kappa shape index (κ1) is 13.8. The van der Waals surface area contributed by atoms with Gasteiger partial charge in [-0.05, 0) is 29.5 Å². The van der Waals surface area contributed by atoms with E-state index >= 15 is 0 Å². The van der Waals surface area contributed by atoms with Crippen LogP contribution in [0.25, 0.3) is 22.6 Å². The second kappa shape index (κ2) is 5.68. The summed E-state index contributed by atoms with van der Waals surface area (Å²) in [5, 5.41) is 13.4. The van der Waals surface area contributed by atoms with Gasteiger partial charge in [-0.25, -0.2) is 0 Å². The molecule has 0 saturated carbocycles. The Balaban J connectivity index is 2.06. The van der Waals surface area contributed by atoms with E-state index in [-0.39, 0.29) is 11.4 Å². The van der Waals surface area contributed by atoms with E-state index in [1.807, 2.05) is 12.1 Å². The van der Waals surface area contributed by atoms with E-state index in [0.717, 1.165) is 5.56 Å². The first-order valence-electron chi connectivity index (χ1n) is 6.42. The van der Waals surface area contributed by atoms with Gasteiger partial charge in [0.1, 0.15) is 11.5 Å². The maximum absolute atomic E-state index is 12.2. The number of nitrogens with one attached hydrogen (secondary N) is 2. The van der Waals surface area contributed by atoms with Gasteiger partial charge in [0.2, 0.25) is 5.82 Å². The zero-order valence-corrected chi connectivity index (χ0v) is 12.0.